The van der Waals surface area contributed by atoms with Gasteiger partial charge in [0.1, 0.15) is 0 Å². The van der Waals surface area contributed by atoms with Crippen LogP contribution in [0.2, 0.25) is 0 Å². The van der Waals surface area contributed by atoms with E-state index in [9.17, 15) is 18.0 Å². The molecule has 10 heteroatoms. The third-order valence-electron chi connectivity index (χ3n) is 3.72. The maximum Gasteiger partial charge on any atom is 0.434 e. The van der Waals surface area contributed by atoms with Crippen molar-refractivity contribution in [3.8, 4) is 0 Å². The highest BCUT2D eigenvalue weighted by atomic mass is 79.9. The molecular formula is C13H16BrF3N4O2. The van der Waals surface area contributed by atoms with Gasteiger partial charge in [-0.15, -0.1) is 0 Å². The second kappa shape index (κ2) is 6.50. The van der Waals surface area contributed by atoms with Crippen LogP contribution in [0.1, 0.15) is 19.5 Å². The van der Waals surface area contributed by atoms with Gasteiger partial charge >= 0.3 is 12.3 Å². The van der Waals surface area contributed by atoms with E-state index in [1.54, 1.807) is 4.90 Å². The summed E-state index contributed by atoms with van der Waals surface area (Å²) in [6.07, 6.45) is -4.55. The smallest absolute Gasteiger partial charge is 0.434 e. The molecule has 1 saturated heterocycles. The summed E-state index contributed by atoms with van der Waals surface area (Å²) in [4.78, 5) is 21.6. The van der Waals surface area contributed by atoms with Gasteiger partial charge in [-0.25, -0.2) is 14.8 Å². The minimum atomic E-state index is -4.59. The summed E-state index contributed by atoms with van der Waals surface area (Å²) in [5, 5.41) is 9.10. The summed E-state index contributed by atoms with van der Waals surface area (Å²) in [5.41, 5.74) is -1.04. The summed E-state index contributed by atoms with van der Waals surface area (Å²) in [5.74, 6) is -0.0111. The molecule has 0 aliphatic carbocycles. The number of anilines is 1. The molecule has 0 spiro atoms. The van der Waals surface area contributed by atoms with E-state index in [0.29, 0.717) is 0 Å². The van der Waals surface area contributed by atoms with Crippen LogP contribution < -0.4 is 4.90 Å². The van der Waals surface area contributed by atoms with E-state index >= 15 is 0 Å². The SMILES string of the molecule is CC(C)C1CN(C(=O)O)CCN1c1ncc(Br)c(C(F)(F)F)n1. The molecule has 0 saturated carbocycles. The highest BCUT2D eigenvalue weighted by Crippen LogP contribution is 2.34. The molecule has 1 amide bonds. The van der Waals surface area contributed by atoms with Gasteiger partial charge in [0, 0.05) is 25.8 Å². The first kappa shape index (κ1) is 17.8. The van der Waals surface area contributed by atoms with Crippen molar-refractivity contribution in [2.75, 3.05) is 24.5 Å². The molecule has 0 radical (unpaired) electrons. The number of nitrogens with zero attached hydrogens (tertiary/aromatic N) is 4. The van der Waals surface area contributed by atoms with Gasteiger partial charge in [0.15, 0.2) is 5.69 Å². The number of alkyl halides is 3. The number of rotatable bonds is 2. The Hall–Kier alpha value is -1.58. The number of aromatic nitrogens is 2. The highest BCUT2D eigenvalue weighted by molar-refractivity contribution is 9.10. The zero-order valence-corrected chi connectivity index (χ0v) is 14.1. The van der Waals surface area contributed by atoms with Crippen molar-refractivity contribution >= 4 is 28.0 Å². The molecule has 2 rings (SSSR count). The van der Waals surface area contributed by atoms with Crippen molar-refractivity contribution in [1.29, 1.82) is 0 Å². The van der Waals surface area contributed by atoms with E-state index in [1.807, 2.05) is 13.8 Å². The number of carbonyl (C=O) groups is 1. The van der Waals surface area contributed by atoms with Gasteiger partial charge in [-0.3, -0.25) is 0 Å². The molecule has 1 aliphatic rings. The lowest BCUT2D eigenvalue weighted by molar-refractivity contribution is -0.141. The molecule has 1 atom stereocenters. The Kier molecular flexibility index (Phi) is 5.02. The summed E-state index contributed by atoms with van der Waals surface area (Å²) in [6, 6.07) is -0.290. The van der Waals surface area contributed by atoms with E-state index in [0.717, 1.165) is 6.20 Å². The molecule has 1 aromatic heterocycles. The van der Waals surface area contributed by atoms with Gasteiger partial charge in [0.05, 0.1) is 10.5 Å². The van der Waals surface area contributed by atoms with Gasteiger partial charge in [-0.2, -0.15) is 13.2 Å². The Balaban J connectivity index is 2.35. The first-order valence-electron chi connectivity index (χ1n) is 6.95. The molecule has 23 heavy (non-hydrogen) atoms. The van der Waals surface area contributed by atoms with E-state index in [4.69, 9.17) is 5.11 Å². The third kappa shape index (κ3) is 3.85. The van der Waals surface area contributed by atoms with Crippen molar-refractivity contribution in [3.63, 3.8) is 0 Å². The largest absolute Gasteiger partial charge is 0.465 e. The monoisotopic (exact) mass is 396 g/mol. The Labute approximate surface area is 139 Å². The Bertz CT molecular complexity index is 597. The van der Waals surface area contributed by atoms with E-state index in [2.05, 4.69) is 25.9 Å². The highest BCUT2D eigenvalue weighted by Gasteiger charge is 2.38. The lowest BCUT2D eigenvalue weighted by Gasteiger charge is -2.42. The lowest BCUT2D eigenvalue weighted by atomic mass is 10.00. The minimum absolute atomic E-state index is 0.0266. The second-order valence-electron chi connectivity index (χ2n) is 5.60. The molecule has 0 aromatic carbocycles. The molecule has 6 nitrogen and oxygen atoms in total. The van der Waals surface area contributed by atoms with Crippen molar-refractivity contribution in [3.05, 3.63) is 16.4 Å². The number of carboxylic acid groups (broad SMARTS) is 1. The van der Waals surface area contributed by atoms with Gasteiger partial charge in [-0.1, -0.05) is 13.8 Å². The fourth-order valence-corrected chi connectivity index (χ4v) is 2.91. The fourth-order valence-electron chi connectivity index (χ4n) is 2.50. The molecule has 1 N–H and O–H groups in total. The van der Waals surface area contributed by atoms with Gasteiger partial charge in [-0.05, 0) is 21.8 Å². The van der Waals surface area contributed by atoms with Gasteiger partial charge in [0.25, 0.3) is 0 Å². The van der Waals surface area contributed by atoms with Crippen LogP contribution in [0.5, 0.6) is 0 Å². The molecule has 1 aliphatic heterocycles. The predicted octanol–water partition coefficient (Wildman–Crippen LogP) is 3.08. The van der Waals surface area contributed by atoms with Crippen LogP contribution in [0.4, 0.5) is 23.9 Å². The predicted molar refractivity (Wildman–Crippen MR) is 80.3 cm³/mol. The van der Waals surface area contributed by atoms with Crippen LogP contribution in [-0.2, 0) is 6.18 Å². The molecule has 128 valence electrons. The number of hydrogen-bond acceptors (Lipinski definition) is 4. The van der Waals surface area contributed by atoms with Gasteiger partial charge in [0.2, 0.25) is 5.95 Å². The maximum absolute atomic E-state index is 13.0. The van der Waals surface area contributed by atoms with E-state index in [1.165, 1.54) is 4.90 Å². The summed E-state index contributed by atoms with van der Waals surface area (Å²) >= 11 is 2.81. The second-order valence-corrected chi connectivity index (χ2v) is 6.45. The summed E-state index contributed by atoms with van der Waals surface area (Å²) in [7, 11) is 0. The number of piperazine rings is 1. The van der Waals surface area contributed by atoms with Crippen LogP contribution in [0, 0.1) is 5.92 Å². The van der Waals surface area contributed by atoms with Crippen LogP contribution in [-0.4, -0.2) is 51.7 Å². The van der Waals surface area contributed by atoms with Crippen LogP contribution in [0.25, 0.3) is 0 Å². The average Bonchev–Trinajstić information content (AvgIpc) is 2.45. The van der Waals surface area contributed by atoms with Crippen LogP contribution >= 0.6 is 15.9 Å². The summed E-state index contributed by atoms with van der Waals surface area (Å²) < 4.78 is 38.8. The van der Waals surface area contributed by atoms with Crippen molar-refractivity contribution < 1.29 is 23.1 Å². The number of amides is 1. The van der Waals surface area contributed by atoms with Crippen molar-refractivity contribution in [2.45, 2.75) is 26.1 Å². The minimum Gasteiger partial charge on any atom is -0.465 e. The molecule has 0 bridgehead atoms. The van der Waals surface area contributed by atoms with Crippen LogP contribution in [0.15, 0.2) is 10.7 Å². The lowest BCUT2D eigenvalue weighted by Crippen LogP contribution is -2.57. The van der Waals surface area contributed by atoms with Gasteiger partial charge < -0.3 is 14.9 Å². The first-order chi connectivity index (χ1) is 10.6. The third-order valence-corrected chi connectivity index (χ3v) is 4.30. The van der Waals surface area contributed by atoms with Crippen molar-refractivity contribution in [1.82, 2.24) is 14.9 Å². The Morgan fingerprint density at radius 1 is 1.43 bits per heavy atom. The van der Waals surface area contributed by atoms with E-state index in [-0.39, 0.29) is 42.0 Å². The number of halogens is 4. The average molecular weight is 397 g/mol. The zero-order valence-electron chi connectivity index (χ0n) is 12.5. The first-order valence-corrected chi connectivity index (χ1v) is 7.74. The normalized spacial score (nSPS) is 19.3. The standard InChI is InChI=1S/C13H16BrF3N4O2/c1-7(2)9-6-20(12(22)23)3-4-21(9)11-18-5-8(14)10(19-11)13(15,16)17/h5,7,9H,3-4,6H2,1-2H3,(H,22,23). The van der Waals surface area contributed by atoms with Crippen LogP contribution in [0.3, 0.4) is 0 Å². The number of hydrogen-bond donors (Lipinski definition) is 1. The molecule has 1 unspecified atom stereocenters. The Morgan fingerprint density at radius 2 is 2.09 bits per heavy atom. The topological polar surface area (TPSA) is 69.6 Å². The maximum atomic E-state index is 13.0. The fraction of sp³-hybridized carbons (Fsp3) is 0.615. The van der Waals surface area contributed by atoms with Crippen molar-refractivity contribution in [2.24, 2.45) is 5.92 Å². The zero-order chi connectivity index (χ0) is 17.4. The Morgan fingerprint density at radius 3 is 2.61 bits per heavy atom. The molecule has 1 fully saturated rings. The quantitative estimate of drug-likeness (QED) is 0.831. The molecule has 1 aromatic rings. The summed E-state index contributed by atoms with van der Waals surface area (Å²) in [6.45, 7) is 4.40. The van der Waals surface area contributed by atoms with E-state index < -0.39 is 18.0 Å². The molecular weight excluding hydrogens is 381 g/mol. The molecule has 2 heterocycles.